The molecule has 1 aromatic carbocycles. The molecule has 2 fully saturated rings. The van der Waals surface area contributed by atoms with Crippen LogP contribution in [-0.4, -0.2) is 44.3 Å². The zero-order valence-electron chi connectivity index (χ0n) is 18.0. The molecule has 0 spiro atoms. The molecule has 32 heavy (non-hydrogen) atoms. The van der Waals surface area contributed by atoms with Gasteiger partial charge < -0.3 is 10.2 Å². The lowest BCUT2D eigenvalue weighted by Crippen LogP contribution is -2.39. The average molecular weight is 430 g/mol. The average Bonchev–Trinajstić information content (AvgIpc) is 3.57. The second-order valence-corrected chi connectivity index (χ2v) is 8.76. The Morgan fingerprint density at radius 1 is 0.969 bits per heavy atom. The van der Waals surface area contributed by atoms with Gasteiger partial charge in [-0.2, -0.15) is 0 Å². The van der Waals surface area contributed by atoms with Crippen LogP contribution in [0.1, 0.15) is 41.7 Å². The molecule has 3 heterocycles. The first-order chi connectivity index (χ1) is 15.7. The van der Waals surface area contributed by atoms with Crippen molar-refractivity contribution in [3.63, 3.8) is 0 Å². The lowest BCUT2D eigenvalue weighted by Gasteiger charge is -2.31. The second kappa shape index (κ2) is 8.94. The number of piperidine rings is 1. The third-order valence-electron chi connectivity index (χ3n) is 6.30. The van der Waals surface area contributed by atoms with Gasteiger partial charge in [-0.15, -0.1) is 0 Å². The van der Waals surface area contributed by atoms with Crippen molar-refractivity contribution in [3.8, 4) is 5.82 Å². The maximum atomic E-state index is 12.9. The van der Waals surface area contributed by atoms with Gasteiger partial charge in [-0.3, -0.25) is 14.2 Å². The molecule has 5 rings (SSSR count). The molecule has 1 saturated heterocycles. The Hall–Kier alpha value is -3.48. The van der Waals surface area contributed by atoms with Gasteiger partial charge in [-0.25, -0.2) is 9.97 Å². The van der Waals surface area contributed by atoms with E-state index in [-0.39, 0.29) is 17.7 Å². The maximum Gasteiger partial charge on any atom is 0.274 e. The molecular formula is C25H27N5O2. The predicted octanol–water partition coefficient (Wildman–Crippen LogP) is 3.71. The largest absolute Gasteiger partial charge is 0.337 e. The highest BCUT2D eigenvalue weighted by atomic mass is 16.2. The molecule has 7 heteroatoms. The Balaban J connectivity index is 1.16. The van der Waals surface area contributed by atoms with Crippen LogP contribution in [0.2, 0.25) is 0 Å². The molecular weight excluding hydrogens is 402 g/mol. The first-order valence-electron chi connectivity index (χ1n) is 11.3. The van der Waals surface area contributed by atoms with E-state index in [0.717, 1.165) is 45.2 Å². The number of carbonyl (C=O) groups is 2. The summed E-state index contributed by atoms with van der Waals surface area (Å²) in [5, 5.41) is 2.88. The van der Waals surface area contributed by atoms with Gasteiger partial charge in [0.2, 0.25) is 5.91 Å². The van der Waals surface area contributed by atoms with Crippen molar-refractivity contribution in [2.24, 2.45) is 11.8 Å². The monoisotopic (exact) mass is 429 g/mol. The number of rotatable bonds is 6. The van der Waals surface area contributed by atoms with E-state index in [1.165, 1.54) is 5.56 Å². The van der Waals surface area contributed by atoms with Gasteiger partial charge in [0.15, 0.2) is 0 Å². The van der Waals surface area contributed by atoms with Gasteiger partial charge in [0.25, 0.3) is 5.91 Å². The summed E-state index contributed by atoms with van der Waals surface area (Å²) in [5.41, 5.74) is 2.47. The van der Waals surface area contributed by atoms with Gasteiger partial charge in [0, 0.05) is 25.2 Å². The molecule has 0 atom stereocenters. The molecule has 0 bridgehead atoms. The minimum Gasteiger partial charge on any atom is -0.337 e. The van der Waals surface area contributed by atoms with Crippen LogP contribution in [0.25, 0.3) is 5.82 Å². The van der Waals surface area contributed by atoms with E-state index in [1.54, 1.807) is 23.3 Å². The van der Waals surface area contributed by atoms with Crippen molar-refractivity contribution >= 4 is 17.5 Å². The van der Waals surface area contributed by atoms with Crippen molar-refractivity contribution in [2.75, 3.05) is 18.4 Å². The fourth-order valence-corrected chi connectivity index (χ4v) is 4.21. The van der Waals surface area contributed by atoms with Crippen LogP contribution in [0.15, 0.2) is 61.2 Å². The summed E-state index contributed by atoms with van der Waals surface area (Å²) in [4.78, 5) is 35.4. The number of imidazole rings is 1. The Labute approximate surface area is 187 Å². The Kier molecular flexibility index (Phi) is 5.71. The summed E-state index contributed by atoms with van der Waals surface area (Å²) in [5.74, 6) is 1.45. The van der Waals surface area contributed by atoms with Crippen LogP contribution >= 0.6 is 0 Å². The second-order valence-electron chi connectivity index (χ2n) is 8.76. The lowest BCUT2D eigenvalue weighted by atomic mass is 9.90. The van der Waals surface area contributed by atoms with Crippen molar-refractivity contribution in [3.05, 3.63) is 72.4 Å². The zero-order valence-corrected chi connectivity index (χ0v) is 18.0. The van der Waals surface area contributed by atoms with Gasteiger partial charge in [0.1, 0.15) is 17.8 Å². The van der Waals surface area contributed by atoms with E-state index in [9.17, 15) is 9.59 Å². The van der Waals surface area contributed by atoms with Crippen LogP contribution in [0.4, 0.5) is 5.69 Å². The summed E-state index contributed by atoms with van der Waals surface area (Å²) in [6.07, 6.45) is 9.99. The number of anilines is 1. The number of aromatic nitrogens is 3. The number of hydrogen-bond donors (Lipinski definition) is 1. The molecule has 2 aliphatic rings. The molecule has 2 amide bonds. The van der Waals surface area contributed by atoms with Crippen molar-refractivity contribution < 1.29 is 9.59 Å². The van der Waals surface area contributed by atoms with E-state index in [1.807, 2.05) is 23.1 Å². The normalized spacial score (nSPS) is 16.7. The minimum atomic E-state index is -0.0322. The minimum absolute atomic E-state index is 0.0322. The zero-order chi connectivity index (χ0) is 21.9. The third-order valence-corrected chi connectivity index (χ3v) is 6.30. The highest BCUT2D eigenvalue weighted by Crippen LogP contribution is 2.30. The van der Waals surface area contributed by atoms with Gasteiger partial charge >= 0.3 is 0 Å². The Morgan fingerprint density at radius 3 is 2.44 bits per heavy atom. The van der Waals surface area contributed by atoms with Crippen LogP contribution in [0, 0.1) is 11.8 Å². The molecule has 1 N–H and O–H groups in total. The summed E-state index contributed by atoms with van der Waals surface area (Å²) < 4.78 is 1.74. The summed E-state index contributed by atoms with van der Waals surface area (Å²) in [6.45, 7) is 1.52. The Bertz CT molecular complexity index is 1080. The molecule has 0 radical (unpaired) electrons. The summed E-state index contributed by atoms with van der Waals surface area (Å²) in [6, 6.07) is 14.2. The molecule has 3 aromatic rings. The van der Waals surface area contributed by atoms with Crippen molar-refractivity contribution in [2.45, 2.75) is 32.1 Å². The highest BCUT2D eigenvalue weighted by molar-refractivity contribution is 5.94. The first-order valence-corrected chi connectivity index (χ1v) is 11.3. The van der Waals surface area contributed by atoms with E-state index >= 15 is 0 Å². The van der Waals surface area contributed by atoms with Crippen LogP contribution < -0.4 is 5.32 Å². The molecule has 1 aliphatic carbocycles. The van der Waals surface area contributed by atoms with Crippen LogP contribution in [-0.2, 0) is 11.2 Å². The van der Waals surface area contributed by atoms with E-state index in [2.05, 4.69) is 39.6 Å². The quantitative estimate of drug-likeness (QED) is 0.648. The fourth-order valence-electron chi connectivity index (χ4n) is 4.21. The van der Waals surface area contributed by atoms with E-state index < -0.39 is 0 Å². The topological polar surface area (TPSA) is 80.1 Å². The number of benzene rings is 1. The van der Waals surface area contributed by atoms with Crippen LogP contribution in [0.3, 0.4) is 0 Å². The summed E-state index contributed by atoms with van der Waals surface area (Å²) in [7, 11) is 0. The van der Waals surface area contributed by atoms with Gasteiger partial charge in [0.05, 0.1) is 11.9 Å². The smallest absolute Gasteiger partial charge is 0.274 e. The molecule has 164 valence electrons. The number of amides is 2. The lowest BCUT2D eigenvalue weighted by molar-refractivity contribution is -0.117. The van der Waals surface area contributed by atoms with Gasteiger partial charge in [-0.1, -0.05) is 30.3 Å². The first kappa shape index (κ1) is 20.4. The number of hydrogen-bond acceptors (Lipinski definition) is 4. The number of nitrogens with zero attached hydrogens (tertiary/aromatic N) is 4. The highest BCUT2D eigenvalue weighted by Gasteiger charge is 2.29. The van der Waals surface area contributed by atoms with E-state index in [0.29, 0.717) is 23.1 Å². The number of pyridine rings is 1. The molecule has 7 nitrogen and oxygen atoms in total. The number of likely N-dealkylation sites (tertiary alicyclic amines) is 1. The van der Waals surface area contributed by atoms with E-state index in [4.69, 9.17) is 0 Å². The van der Waals surface area contributed by atoms with Crippen molar-refractivity contribution in [1.82, 2.24) is 19.4 Å². The summed E-state index contributed by atoms with van der Waals surface area (Å²) >= 11 is 0. The SMILES string of the molecule is O=C(Nc1ccc(-n2cnc(C(=O)N3CCC(Cc4ccccc4)CC3)c2)nc1)C1CC1. The molecule has 1 aliphatic heterocycles. The van der Waals surface area contributed by atoms with Gasteiger partial charge in [-0.05, 0) is 55.7 Å². The number of nitrogens with one attached hydrogen (secondary N) is 1. The standard InChI is InChI=1S/C25H27N5O2/c31-24(20-6-7-20)28-21-8-9-23(26-15-21)30-16-22(27-17-30)25(32)29-12-10-19(11-13-29)14-18-4-2-1-3-5-18/h1-5,8-9,15-17,19-20H,6-7,10-14H2,(H,28,31). The maximum absolute atomic E-state index is 12.9. The molecule has 2 aromatic heterocycles. The Morgan fingerprint density at radius 2 is 1.75 bits per heavy atom. The van der Waals surface area contributed by atoms with Crippen molar-refractivity contribution in [1.29, 1.82) is 0 Å². The third kappa shape index (κ3) is 4.72. The number of carbonyl (C=O) groups excluding carboxylic acids is 2. The predicted molar refractivity (Wildman–Crippen MR) is 121 cm³/mol. The fraction of sp³-hybridized carbons (Fsp3) is 0.360. The molecule has 0 unspecified atom stereocenters. The molecule has 1 saturated carbocycles. The van der Waals surface area contributed by atoms with Crippen LogP contribution in [0.5, 0.6) is 0 Å².